The van der Waals surface area contributed by atoms with Gasteiger partial charge in [-0.25, -0.2) is 0 Å². The topological polar surface area (TPSA) is 9.23 Å². The molecule has 12 heavy (non-hydrogen) atoms. The summed E-state index contributed by atoms with van der Waals surface area (Å²) in [5.41, 5.74) is 0. The van der Waals surface area contributed by atoms with Crippen molar-refractivity contribution in [3.8, 4) is 5.75 Å². The smallest absolute Gasteiger partial charge is 0.120 e. The molecular weight excluding hydrogens is 167 g/mol. The number of ether oxygens (including phenoxy) is 1. The molecule has 1 unspecified atom stereocenters. The molecule has 1 aromatic carbocycles. The predicted molar refractivity (Wildman–Crippen MR) is 55.3 cm³/mol. The fourth-order valence-electron chi connectivity index (χ4n) is 0.801. The molecule has 0 saturated heterocycles. The lowest BCUT2D eigenvalue weighted by Gasteiger charge is -2.18. The Kier molecular flexibility index (Phi) is 3.55. The van der Waals surface area contributed by atoms with E-state index in [9.17, 15) is 0 Å². The van der Waals surface area contributed by atoms with Gasteiger partial charge < -0.3 is 4.74 Å². The minimum Gasteiger partial charge on any atom is -0.486 e. The summed E-state index contributed by atoms with van der Waals surface area (Å²) in [6.07, 6.45) is 0. The first-order valence-corrected chi connectivity index (χ1v) is 6.39. The average molecular weight is 182 g/mol. The Morgan fingerprint density at radius 2 is 1.75 bits per heavy atom. The summed E-state index contributed by atoms with van der Waals surface area (Å²) in [5, 5.41) is 0. The van der Waals surface area contributed by atoms with Gasteiger partial charge in [0.25, 0.3) is 0 Å². The Bertz CT molecular complexity index is 221. The molecule has 1 aromatic rings. The van der Waals surface area contributed by atoms with Crippen molar-refractivity contribution in [2.24, 2.45) is 0 Å². The number of para-hydroxylation sites is 1. The molecule has 1 rings (SSSR count). The molecule has 0 fully saturated rings. The highest BCUT2D eigenvalue weighted by Crippen LogP contribution is 2.33. The number of rotatable bonds is 3. The predicted octanol–water partition coefficient (Wildman–Crippen LogP) is 3.15. The van der Waals surface area contributed by atoms with Crippen LogP contribution in [0.25, 0.3) is 0 Å². The van der Waals surface area contributed by atoms with Gasteiger partial charge in [0.05, 0.1) is 0 Å². The summed E-state index contributed by atoms with van der Waals surface area (Å²) in [4.78, 5) is 0. The summed E-state index contributed by atoms with van der Waals surface area (Å²) in [7, 11) is -0.00758. The summed E-state index contributed by atoms with van der Waals surface area (Å²) >= 11 is 0. The molecule has 2 heteroatoms. The van der Waals surface area contributed by atoms with Crippen LogP contribution in [0.15, 0.2) is 30.3 Å². The van der Waals surface area contributed by atoms with E-state index < -0.39 is 0 Å². The average Bonchev–Trinajstić information content (AvgIpc) is 2.06. The SMILES string of the molecule is CC(Oc1ccccc1)P(C)C. The maximum atomic E-state index is 5.70. The van der Waals surface area contributed by atoms with Gasteiger partial charge in [-0.3, -0.25) is 0 Å². The lowest BCUT2D eigenvalue weighted by atomic mass is 10.3. The number of benzene rings is 1. The van der Waals surface area contributed by atoms with Crippen LogP contribution in [0, 0.1) is 0 Å². The highest BCUT2D eigenvalue weighted by atomic mass is 31.1. The van der Waals surface area contributed by atoms with E-state index in [1.165, 1.54) is 0 Å². The van der Waals surface area contributed by atoms with Gasteiger partial charge in [0.15, 0.2) is 0 Å². The van der Waals surface area contributed by atoms with E-state index in [0.29, 0.717) is 5.85 Å². The first kappa shape index (κ1) is 9.54. The van der Waals surface area contributed by atoms with Gasteiger partial charge in [-0.05, 0) is 32.4 Å². The van der Waals surface area contributed by atoms with Crippen LogP contribution in [0.4, 0.5) is 0 Å². The van der Waals surface area contributed by atoms with Crippen LogP contribution in [-0.2, 0) is 0 Å². The fraction of sp³-hybridized carbons (Fsp3) is 0.400. The lowest BCUT2D eigenvalue weighted by molar-refractivity contribution is 0.303. The quantitative estimate of drug-likeness (QED) is 0.652. The van der Waals surface area contributed by atoms with Crippen molar-refractivity contribution in [1.82, 2.24) is 0 Å². The first-order chi connectivity index (χ1) is 5.70. The van der Waals surface area contributed by atoms with E-state index in [1.54, 1.807) is 0 Å². The van der Waals surface area contributed by atoms with Gasteiger partial charge in [0, 0.05) is 0 Å². The maximum absolute atomic E-state index is 5.70. The van der Waals surface area contributed by atoms with Crippen molar-refractivity contribution in [3.05, 3.63) is 30.3 Å². The minimum absolute atomic E-state index is 0.00758. The van der Waals surface area contributed by atoms with Crippen LogP contribution in [0.5, 0.6) is 5.75 Å². The third-order valence-electron chi connectivity index (χ3n) is 1.78. The van der Waals surface area contributed by atoms with Crippen LogP contribution >= 0.6 is 7.92 Å². The first-order valence-electron chi connectivity index (χ1n) is 4.08. The summed E-state index contributed by atoms with van der Waals surface area (Å²) in [6, 6.07) is 9.98. The molecule has 0 bridgehead atoms. The van der Waals surface area contributed by atoms with Crippen LogP contribution in [-0.4, -0.2) is 19.2 Å². The van der Waals surface area contributed by atoms with Gasteiger partial charge in [0.2, 0.25) is 0 Å². The molecule has 1 atom stereocenters. The molecule has 0 radical (unpaired) electrons. The zero-order valence-electron chi connectivity index (χ0n) is 7.82. The molecule has 0 heterocycles. The molecule has 66 valence electrons. The molecule has 0 aliphatic carbocycles. The monoisotopic (exact) mass is 182 g/mol. The minimum atomic E-state index is -0.00758. The van der Waals surface area contributed by atoms with Gasteiger partial charge >= 0.3 is 0 Å². The van der Waals surface area contributed by atoms with Crippen molar-refractivity contribution >= 4 is 7.92 Å². The standard InChI is InChI=1S/C10H15OP/c1-9(12(2)3)11-10-7-5-4-6-8-10/h4-9H,1-3H3. The van der Waals surface area contributed by atoms with Gasteiger partial charge in [0.1, 0.15) is 11.6 Å². The van der Waals surface area contributed by atoms with Gasteiger partial charge in [-0.15, -0.1) is 0 Å². The van der Waals surface area contributed by atoms with E-state index in [1.807, 2.05) is 30.3 Å². The molecule has 0 amide bonds. The second-order valence-corrected chi connectivity index (χ2v) is 5.65. The summed E-state index contributed by atoms with van der Waals surface area (Å²) < 4.78 is 5.70. The Labute approximate surface area is 75.5 Å². The van der Waals surface area contributed by atoms with E-state index in [-0.39, 0.29) is 7.92 Å². The van der Waals surface area contributed by atoms with Gasteiger partial charge in [-0.2, -0.15) is 0 Å². The highest BCUT2D eigenvalue weighted by molar-refractivity contribution is 7.56. The van der Waals surface area contributed by atoms with Crippen LogP contribution in [0.3, 0.4) is 0 Å². The number of hydrogen-bond donors (Lipinski definition) is 0. The molecule has 0 aliphatic heterocycles. The van der Waals surface area contributed by atoms with E-state index in [4.69, 9.17) is 4.74 Å². The summed E-state index contributed by atoms with van der Waals surface area (Å²) in [5.74, 6) is 1.32. The lowest BCUT2D eigenvalue weighted by Crippen LogP contribution is -2.08. The second-order valence-electron chi connectivity index (χ2n) is 2.99. The summed E-state index contributed by atoms with van der Waals surface area (Å²) in [6.45, 7) is 6.57. The molecule has 0 spiro atoms. The largest absolute Gasteiger partial charge is 0.486 e. The van der Waals surface area contributed by atoms with Gasteiger partial charge in [-0.1, -0.05) is 26.1 Å². The molecule has 1 nitrogen and oxygen atoms in total. The Morgan fingerprint density at radius 3 is 2.25 bits per heavy atom. The normalized spacial score (nSPS) is 13.0. The Morgan fingerprint density at radius 1 is 1.17 bits per heavy atom. The highest BCUT2D eigenvalue weighted by Gasteiger charge is 2.06. The van der Waals surface area contributed by atoms with E-state index in [2.05, 4.69) is 20.3 Å². The molecule has 0 saturated carbocycles. The third kappa shape index (κ3) is 2.83. The second kappa shape index (κ2) is 4.47. The third-order valence-corrected chi connectivity index (χ3v) is 3.34. The molecule has 0 N–H and O–H groups in total. The Hall–Kier alpha value is -0.550. The zero-order chi connectivity index (χ0) is 8.97. The number of hydrogen-bond acceptors (Lipinski definition) is 1. The van der Waals surface area contributed by atoms with Crippen molar-refractivity contribution in [3.63, 3.8) is 0 Å². The van der Waals surface area contributed by atoms with Crippen LogP contribution < -0.4 is 4.74 Å². The van der Waals surface area contributed by atoms with Crippen molar-refractivity contribution < 1.29 is 4.74 Å². The Balaban J connectivity index is 2.53. The molecule has 0 aromatic heterocycles. The zero-order valence-corrected chi connectivity index (χ0v) is 8.71. The van der Waals surface area contributed by atoms with E-state index >= 15 is 0 Å². The molecular formula is C10H15OP. The van der Waals surface area contributed by atoms with Crippen LogP contribution in [0.1, 0.15) is 6.92 Å². The van der Waals surface area contributed by atoms with E-state index in [0.717, 1.165) is 5.75 Å². The van der Waals surface area contributed by atoms with Crippen LogP contribution in [0.2, 0.25) is 0 Å². The van der Waals surface area contributed by atoms with Crippen molar-refractivity contribution in [2.45, 2.75) is 12.8 Å². The maximum Gasteiger partial charge on any atom is 0.120 e. The fourth-order valence-corrected chi connectivity index (χ4v) is 1.13. The van der Waals surface area contributed by atoms with Crippen molar-refractivity contribution in [1.29, 1.82) is 0 Å². The van der Waals surface area contributed by atoms with Crippen molar-refractivity contribution in [2.75, 3.05) is 13.3 Å². The molecule has 0 aliphatic rings.